The van der Waals surface area contributed by atoms with Gasteiger partial charge in [0.2, 0.25) is 0 Å². The fourth-order valence-electron chi connectivity index (χ4n) is 3.03. The zero-order valence-electron chi connectivity index (χ0n) is 15.2. The first-order valence-electron chi connectivity index (χ1n) is 8.81. The van der Waals surface area contributed by atoms with Crippen molar-refractivity contribution in [3.05, 3.63) is 23.5 Å². The smallest absolute Gasteiger partial charge is 0.410 e. The Morgan fingerprint density at radius 2 is 2.15 bits per heavy atom. The van der Waals surface area contributed by atoms with Gasteiger partial charge in [-0.1, -0.05) is 0 Å². The van der Waals surface area contributed by atoms with Crippen molar-refractivity contribution >= 4 is 53.6 Å². The molecule has 2 fully saturated rings. The molecule has 4 nitrogen and oxygen atoms in total. The normalized spacial score (nSPS) is 22.3. The van der Waals surface area contributed by atoms with Crippen molar-refractivity contribution in [2.24, 2.45) is 0 Å². The maximum absolute atomic E-state index is 11.9. The van der Waals surface area contributed by atoms with Gasteiger partial charge in [0.25, 0.3) is 0 Å². The standard InChI is InChI=1S/C18H25ClN2O2S2.ClH/c1-12-15(10-19)20-7-6-17(12)25-9-3-8-24-11-16-13(2)21(14-4-5-14)18(22)23-16;/h6-7,13-14,16H,3-5,8-11H2,1-2H3;1H. The molecule has 1 aromatic heterocycles. The fraction of sp³-hybridized carbons (Fsp3) is 0.667. The van der Waals surface area contributed by atoms with Crippen LogP contribution in [0.1, 0.15) is 37.4 Å². The largest absolute Gasteiger partial charge is 0.443 e. The summed E-state index contributed by atoms with van der Waals surface area (Å²) in [6.07, 6.45) is 5.17. The maximum atomic E-state index is 11.9. The minimum absolute atomic E-state index is 0. The van der Waals surface area contributed by atoms with Gasteiger partial charge >= 0.3 is 6.09 Å². The maximum Gasteiger partial charge on any atom is 0.410 e. The second-order valence-electron chi connectivity index (χ2n) is 6.59. The SMILES string of the molecule is Cc1c(SCCCSCC2OC(=O)N(C3CC3)C2C)ccnc1CCl.Cl. The molecule has 2 heterocycles. The molecule has 2 atom stereocenters. The number of halogens is 2. The molecule has 146 valence electrons. The number of pyridine rings is 1. The van der Waals surface area contributed by atoms with Crippen LogP contribution in [0.4, 0.5) is 4.79 Å². The van der Waals surface area contributed by atoms with Gasteiger partial charge in [-0.05, 0) is 56.2 Å². The third-order valence-electron chi connectivity index (χ3n) is 4.74. The molecular weight excluding hydrogens is 411 g/mol. The molecule has 1 amide bonds. The van der Waals surface area contributed by atoms with E-state index in [-0.39, 0.29) is 30.6 Å². The highest BCUT2D eigenvalue weighted by Crippen LogP contribution is 2.35. The topological polar surface area (TPSA) is 42.4 Å². The molecule has 1 saturated carbocycles. The minimum atomic E-state index is -0.112. The highest BCUT2D eigenvalue weighted by molar-refractivity contribution is 8.00. The number of rotatable bonds is 9. The average Bonchev–Trinajstić information content (AvgIpc) is 3.38. The van der Waals surface area contributed by atoms with Gasteiger partial charge in [-0.2, -0.15) is 11.8 Å². The van der Waals surface area contributed by atoms with E-state index in [1.807, 2.05) is 34.6 Å². The van der Waals surface area contributed by atoms with E-state index in [0.29, 0.717) is 11.9 Å². The van der Waals surface area contributed by atoms with Crippen molar-refractivity contribution in [1.82, 2.24) is 9.88 Å². The third-order valence-corrected chi connectivity index (χ3v) is 7.38. The Labute approximate surface area is 175 Å². The van der Waals surface area contributed by atoms with Gasteiger partial charge in [0, 0.05) is 22.9 Å². The van der Waals surface area contributed by atoms with Gasteiger partial charge in [-0.25, -0.2) is 4.79 Å². The van der Waals surface area contributed by atoms with E-state index in [2.05, 4.69) is 24.9 Å². The Kier molecular flexibility index (Phi) is 8.71. The number of aromatic nitrogens is 1. The van der Waals surface area contributed by atoms with Crippen molar-refractivity contribution in [2.45, 2.75) is 62.1 Å². The predicted molar refractivity (Wildman–Crippen MR) is 113 cm³/mol. The Bertz CT molecular complexity index is 617. The summed E-state index contributed by atoms with van der Waals surface area (Å²) in [7, 11) is 0. The number of cyclic esters (lactones) is 1. The lowest BCUT2D eigenvalue weighted by Gasteiger charge is -2.19. The molecule has 0 N–H and O–H groups in total. The monoisotopic (exact) mass is 436 g/mol. The number of hydrogen-bond donors (Lipinski definition) is 0. The number of thioether (sulfide) groups is 2. The second-order valence-corrected chi connectivity index (χ2v) is 9.15. The lowest BCUT2D eigenvalue weighted by Crippen LogP contribution is -2.36. The van der Waals surface area contributed by atoms with Gasteiger partial charge in [0.1, 0.15) is 6.10 Å². The van der Waals surface area contributed by atoms with E-state index in [1.54, 1.807) is 0 Å². The summed E-state index contributed by atoms with van der Waals surface area (Å²) >= 11 is 9.66. The lowest BCUT2D eigenvalue weighted by atomic mass is 10.2. The van der Waals surface area contributed by atoms with Gasteiger partial charge in [-0.15, -0.1) is 35.8 Å². The number of nitrogens with zero attached hydrogens (tertiary/aromatic N) is 2. The summed E-state index contributed by atoms with van der Waals surface area (Å²) in [5.74, 6) is 3.52. The van der Waals surface area contributed by atoms with Crippen LogP contribution in [0.2, 0.25) is 0 Å². The molecule has 0 spiro atoms. The van der Waals surface area contributed by atoms with Crippen LogP contribution in [0.25, 0.3) is 0 Å². The van der Waals surface area contributed by atoms with Crippen LogP contribution < -0.4 is 0 Å². The summed E-state index contributed by atoms with van der Waals surface area (Å²) in [6.45, 7) is 4.20. The molecule has 1 aromatic rings. The van der Waals surface area contributed by atoms with E-state index in [1.165, 1.54) is 10.5 Å². The zero-order chi connectivity index (χ0) is 17.8. The number of hydrogen-bond acceptors (Lipinski definition) is 5. The first-order valence-corrected chi connectivity index (χ1v) is 11.5. The van der Waals surface area contributed by atoms with E-state index in [0.717, 1.165) is 42.2 Å². The van der Waals surface area contributed by atoms with Gasteiger partial charge in [0.15, 0.2) is 0 Å². The van der Waals surface area contributed by atoms with Crippen LogP contribution in [0, 0.1) is 6.92 Å². The zero-order valence-corrected chi connectivity index (χ0v) is 18.4. The summed E-state index contributed by atoms with van der Waals surface area (Å²) in [5, 5.41) is 0. The first-order chi connectivity index (χ1) is 12.1. The molecule has 8 heteroatoms. The van der Waals surface area contributed by atoms with Crippen LogP contribution in [0.5, 0.6) is 0 Å². The molecule has 2 unspecified atom stereocenters. The Hall–Kier alpha value is -0.300. The molecule has 0 radical (unpaired) electrons. The van der Waals surface area contributed by atoms with Crippen LogP contribution in [0.3, 0.4) is 0 Å². The number of carbonyl (C=O) groups is 1. The van der Waals surface area contributed by atoms with Crippen molar-refractivity contribution < 1.29 is 9.53 Å². The van der Waals surface area contributed by atoms with Crippen LogP contribution >= 0.6 is 47.5 Å². The Morgan fingerprint density at radius 3 is 2.85 bits per heavy atom. The van der Waals surface area contributed by atoms with Crippen molar-refractivity contribution in [3.8, 4) is 0 Å². The van der Waals surface area contributed by atoms with Crippen molar-refractivity contribution in [3.63, 3.8) is 0 Å². The fourth-order valence-corrected chi connectivity index (χ4v) is 5.58. The van der Waals surface area contributed by atoms with Crippen LogP contribution in [-0.4, -0.2) is 51.4 Å². The molecule has 1 aliphatic heterocycles. The van der Waals surface area contributed by atoms with Crippen LogP contribution in [0.15, 0.2) is 17.2 Å². The summed E-state index contributed by atoms with van der Waals surface area (Å²) in [5.41, 5.74) is 2.17. The molecule has 0 aromatic carbocycles. The van der Waals surface area contributed by atoms with Gasteiger partial charge in [0.05, 0.1) is 17.6 Å². The Balaban J connectivity index is 0.00000243. The first kappa shape index (κ1) is 22.0. The molecule has 0 bridgehead atoms. The molecule has 1 saturated heterocycles. The quantitative estimate of drug-likeness (QED) is 0.304. The van der Waals surface area contributed by atoms with Crippen molar-refractivity contribution in [2.75, 3.05) is 17.3 Å². The van der Waals surface area contributed by atoms with E-state index >= 15 is 0 Å². The molecule has 1 aliphatic carbocycles. The van der Waals surface area contributed by atoms with Crippen molar-refractivity contribution in [1.29, 1.82) is 0 Å². The average molecular weight is 437 g/mol. The number of alkyl halides is 1. The molecule has 2 aliphatic rings. The molecule has 3 rings (SSSR count). The van der Waals surface area contributed by atoms with Crippen LogP contribution in [-0.2, 0) is 10.6 Å². The molecular formula is C18H26Cl2N2O2S2. The number of amides is 1. The van der Waals surface area contributed by atoms with E-state index < -0.39 is 0 Å². The highest BCUT2D eigenvalue weighted by Gasteiger charge is 2.45. The summed E-state index contributed by atoms with van der Waals surface area (Å²) in [4.78, 5) is 19.4. The minimum Gasteiger partial charge on any atom is -0.443 e. The lowest BCUT2D eigenvalue weighted by molar-refractivity contribution is 0.138. The van der Waals surface area contributed by atoms with Gasteiger partial charge < -0.3 is 4.74 Å². The van der Waals surface area contributed by atoms with E-state index in [4.69, 9.17) is 16.3 Å². The highest BCUT2D eigenvalue weighted by atomic mass is 35.5. The summed E-state index contributed by atoms with van der Waals surface area (Å²) in [6, 6.07) is 2.72. The summed E-state index contributed by atoms with van der Waals surface area (Å²) < 4.78 is 5.55. The predicted octanol–water partition coefficient (Wildman–Crippen LogP) is 5.14. The second kappa shape index (κ2) is 10.3. The Morgan fingerprint density at radius 1 is 1.38 bits per heavy atom. The van der Waals surface area contributed by atoms with E-state index in [9.17, 15) is 4.79 Å². The molecule has 26 heavy (non-hydrogen) atoms. The third kappa shape index (κ3) is 5.37. The number of carbonyl (C=O) groups excluding carboxylic acids is 1. The number of ether oxygens (including phenoxy) is 1. The van der Waals surface area contributed by atoms with Gasteiger partial charge in [-0.3, -0.25) is 9.88 Å².